The Kier molecular flexibility index (Phi) is 8.02. The third-order valence-corrected chi connectivity index (χ3v) is 3.06. The molecule has 25 heavy (non-hydrogen) atoms. The number of aromatic amines is 1. The minimum Gasteiger partial charge on any atom is -0.480 e. The highest BCUT2D eigenvalue weighted by Gasteiger charge is 2.26. The van der Waals surface area contributed by atoms with Gasteiger partial charge in [-0.1, -0.05) is 0 Å². The Hall–Kier alpha value is -2.99. The number of carboxylic acids is 1. The van der Waals surface area contributed by atoms with E-state index >= 15 is 0 Å². The van der Waals surface area contributed by atoms with Gasteiger partial charge in [-0.15, -0.1) is 0 Å². The summed E-state index contributed by atoms with van der Waals surface area (Å²) in [4.78, 5) is 52.3. The van der Waals surface area contributed by atoms with Crippen molar-refractivity contribution in [1.82, 2.24) is 25.9 Å². The summed E-state index contributed by atoms with van der Waals surface area (Å²) < 4.78 is 0. The molecule has 1 aromatic rings. The van der Waals surface area contributed by atoms with E-state index in [-0.39, 0.29) is 13.0 Å². The highest BCUT2D eigenvalue weighted by molar-refractivity contribution is 5.92. The Morgan fingerprint density at radius 1 is 1.20 bits per heavy atom. The molecular formula is C13H20N6O6. The van der Waals surface area contributed by atoms with Crippen LogP contribution in [-0.2, 0) is 25.6 Å². The normalized spacial score (nSPS) is 12.7. The highest BCUT2D eigenvalue weighted by atomic mass is 16.4. The topological polar surface area (TPSA) is 200 Å². The molecule has 12 heteroatoms. The number of carbonyl (C=O) groups excluding carboxylic acids is 3. The molecule has 0 saturated carbocycles. The first-order valence-corrected chi connectivity index (χ1v) is 7.24. The van der Waals surface area contributed by atoms with Crippen molar-refractivity contribution in [2.45, 2.75) is 18.5 Å². The number of hydrogen-bond acceptors (Lipinski definition) is 7. The molecule has 8 N–H and O–H groups in total. The van der Waals surface area contributed by atoms with E-state index in [4.69, 9.17) is 5.73 Å². The summed E-state index contributed by atoms with van der Waals surface area (Å²) in [7, 11) is 0. The number of nitrogens with zero attached hydrogens (tertiary/aromatic N) is 1. The minimum atomic E-state index is -1.37. The number of hydrogen-bond donors (Lipinski definition) is 7. The number of imidazole rings is 1. The number of amides is 3. The van der Waals surface area contributed by atoms with E-state index in [0.29, 0.717) is 5.69 Å². The van der Waals surface area contributed by atoms with Gasteiger partial charge in [-0.2, -0.15) is 0 Å². The van der Waals surface area contributed by atoms with Gasteiger partial charge in [-0.05, 0) is 0 Å². The summed E-state index contributed by atoms with van der Waals surface area (Å²) in [6, 6.07) is -2.65. The molecule has 1 rings (SSSR count). The molecule has 1 heterocycles. The van der Waals surface area contributed by atoms with Gasteiger partial charge < -0.3 is 36.9 Å². The second-order valence-corrected chi connectivity index (χ2v) is 4.96. The van der Waals surface area contributed by atoms with Gasteiger partial charge >= 0.3 is 5.97 Å². The molecule has 1 aromatic heterocycles. The van der Waals surface area contributed by atoms with Crippen molar-refractivity contribution in [3.8, 4) is 0 Å². The smallest absolute Gasteiger partial charge is 0.326 e. The van der Waals surface area contributed by atoms with Crippen molar-refractivity contribution in [1.29, 1.82) is 0 Å². The summed E-state index contributed by atoms with van der Waals surface area (Å²) in [5.41, 5.74) is 5.55. The lowest BCUT2D eigenvalue weighted by atomic mass is 10.1. The van der Waals surface area contributed by atoms with E-state index in [1.165, 1.54) is 12.5 Å². The number of H-pyrrole nitrogens is 1. The predicted octanol–water partition coefficient (Wildman–Crippen LogP) is -3.93. The number of nitrogens with one attached hydrogen (secondary N) is 4. The molecule has 2 unspecified atom stereocenters. The van der Waals surface area contributed by atoms with Crippen LogP contribution in [0.3, 0.4) is 0 Å². The molecule has 138 valence electrons. The van der Waals surface area contributed by atoms with Crippen LogP contribution in [0.2, 0.25) is 0 Å². The van der Waals surface area contributed by atoms with E-state index in [1.54, 1.807) is 0 Å². The number of carboxylic acid groups (broad SMARTS) is 1. The number of carbonyl (C=O) groups is 4. The number of nitrogens with two attached hydrogens (primary N) is 1. The molecule has 0 aliphatic heterocycles. The van der Waals surface area contributed by atoms with Crippen LogP contribution in [0.5, 0.6) is 0 Å². The molecule has 0 fully saturated rings. The Labute approximate surface area is 142 Å². The molecular weight excluding hydrogens is 336 g/mol. The molecule has 12 nitrogen and oxygen atoms in total. The largest absolute Gasteiger partial charge is 0.480 e. The SMILES string of the molecule is NCC(=O)NCC(=O)NC(CO)C(=O)NC(Cc1cnc[nH]1)C(=O)O. The summed E-state index contributed by atoms with van der Waals surface area (Å²) in [5.74, 6) is -3.48. The van der Waals surface area contributed by atoms with Gasteiger partial charge in [-0.3, -0.25) is 14.4 Å². The van der Waals surface area contributed by atoms with E-state index in [2.05, 4.69) is 25.9 Å². The van der Waals surface area contributed by atoms with Crippen LogP contribution < -0.4 is 21.7 Å². The molecule has 0 aliphatic carbocycles. The van der Waals surface area contributed by atoms with Crippen LogP contribution in [0.4, 0.5) is 0 Å². The fourth-order valence-corrected chi connectivity index (χ4v) is 1.78. The van der Waals surface area contributed by atoms with E-state index in [1.807, 2.05) is 0 Å². The first-order chi connectivity index (χ1) is 11.9. The zero-order valence-electron chi connectivity index (χ0n) is 13.2. The molecule has 0 spiro atoms. The Morgan fingerprint density at radius 3 is 2.44 bits per heavy atom. The van der Waals surface area contributed by atoms with Gasteiger partial charge in [0, 0.05) is 18.3 Å². The van der Waals surface area contributed by atoms with Crippen molar-refractivity contribution in [2.75, 3.05) is 19.7 Å². The summed E-state index contributed by atoms with van der Waals surface area (Å²) in [5, 5.41) is 25.0. The summed E-state index contributed by atoms with van der Waals surface area (Å²) in [6.07, 6.45) is 2.72. The second-order valence-electron chi connectivity index (χ2n) is 4.96. The van der Waals surface area contributed by atoms with Gasteiger partial charge in [0.1, 0.15) is 12.1 Å². The van der Waals surface area contributed by atoms with Crippen LogP contribution in [0.15, 0.2) is 12.5 Å². The number of aliphatic carboxylic acids is 1. The maximum Gasteiger partial charge on any atom is 0.326 e. The van der Waals surface area contributed by atoms with Crippen molar-refractivity contribution in [3.63, 3.8) is 0 Å². The third-order valence-electron chi connectivity index (χ3n) is 3.06. The first kappa shape index (κ1) is 20.1. The molecule has 0 aliphatic rings. The van der Waals surface area contributed by atoms with Gasteiger partial charge in [0.2, 0.25) is 17.7 Å². The van der Waals surface area contributed by atoms with E-state index in [9.17, 15) is 29.4 Å². The fraction of sp³-hybridized carbons (Fsp3) is 0.462. The Balaban J connectivity index is 2.59. The standard InChI is InChI=1S/C13H20N6O6/c14-2-10(21)16-4-11(22)18-9(5-20)12(23)19-8(13(24)25)1-7-3-15-6-17-7/h3,6,8-9,20H,1-2,4-5,14H2,(H,15,17)(H,16,21)(H,18,22)(H,19,23)(H,24,25). The van der Waals surface area contributed by atoms with Crippen molar-refractivity contribution in [3.05, 3.63) is 18.2 Å². The minimum absolute atomic E-state index is 0.0558. The van der Waals surface area contributed by atoms with Crippen LogP contribution >= 0.6 is 0 Å². The molecule has 2 atom stereocenters. The molecule has 0 aromatic carbocycles. The number of aromatic nitrogens is 2. The van der Waals surface area contributed by atoms with Gasteiger partial charge in [-0.25, -0.2) is 9.78 Å². The third kappa shape index (κ3) is 6.97. The maximum absolute atomic E-state index is 12.1. The summed E-state index contributed by atoms with van der Waals surface area (Å²) >= 11 is 0. The average Bonchev–Trinajstić information content (AvgIpc) is 3.09. The van der Waals surface area contributed by atoms with Crippen molar-refractivity contribution >= 4 is 23.7 Å². The van der Waals surface area contributed by atoms with Crippen molar-refractivity contribution in [2.24, 2.45) is 5.73 Å². The second kappa shape index (κ2) is 10.00. The monoisotopic (exact) mass is 356 g/mol. The van der Waals surface area contributed by atoms with Crippen LogP contribution in [-0.4, -0.2) is 75.7 Å². The first-order valence-electron chi connectivity index (χ1n) is 7.24. The number of aliphatic hydroxyl groups excluding tert-OH is 1. The number of rotatable bonds is 10. The lowest BCUT2D eigenvalue weighted by Gasteiger charge is -2.19. The quantitative estimate of drug-likeness (QED) is 0.220. The van der Waals surface area contributed by atoms with Crippen LogP contribution in [0, 0.1) is 0 Å². The van der Waals surface area contributed by atoms with Gasteiger partial charge in [0.25, 0.3) is 0 Å². The lowest BCUT2D eigenvalue weighted by molar-refractivity contribution is -0.142. The van der Waals surface area contributed by atoms with Gasteiger partial charge in [0.05, 0.1) is 26.0 Å². The number of aliphatic hydroxyl groups is 1. The predicted molar refractivity (Wildman–Crippen MR) is 82.9 cm³/mol. The van der Waals surface area contributed by atoms with Crippen LogP contribution in [0.25, 0.3) is 0 Å². The fourth-order valence-electron chi connectivity index (χ4n) is 1.78. The maximum atomic E-state index is 12.1. The van der Waals surface area contributed by atoms with Gasteiger partial charge in [0.15, 0.2) is 0 Å². The van der Waals surface area contributed by atoms with Crippen LogP contribution in [0.1, 0.15) is 5.69 Å². The summed E-state index contributed by atoms with van der Waals surface area (Å²) in [6.45, 7) is -1.49. The molecule has 0 saturated heterocycles. The Bertz CT molecular complexity index is 604. The van der Waals surface area contributed by atoms with E-state index in [0.717, 1.165) is 0 Å². The lowest BCUT2D eigenvalue weighted by Crippen LogP contribution is -2.55. The van der Waals surface area contributed by atoms with E-state index < -0.39 is 48.9 Å². The molecule has 0 radical (unpaired) electrons. The highest BCUT2D eigenvalue weighted by Crippen LogP contribution is 1.99. The molecule has 3 amide bonds. The zero-order chi connectivity index (χ0) is 18.8. The average molecular weight is 356 g/mol. The zero-order valence-corrected chi connectivity index (χ0v) is 13.2. The van der Waals surface area contributed by atoms with Crippen molar-refractivity contribution < 1.29 is 29.4 Å². The molecule has 0 bridgehead atoms. The Morgan fingerprint density at radius 2 is 1.92 bits per heavy atom.